The van der Waals surface area contributed by atoms with E-state index in [1.807, 2.05) is 89.0 Å². The minimum Gasteiger partial charge on any atom is -0.495 e. The lowest BCUT2D eigenvalue weighted by molar-refractivity contribution is 0.0218. The predicted molar refractivity (Wildman–Crippen MR) is 339 cm³/mol. The lowest BCUT2D eigenvalue weighted by atomic mass is 10.00. The summed E-state index contributed by atoms with van der Waals surface area (Å²) < 4.78 is 32.8. The van der Waals surface area contributed by atoms with Gasteiger partial charge in [0.05, 0.1) is 72.1 Å². The molecule has 2 aliphatic heterocycles. The molecule has 8 rings (SSSR count). The summed E-state index contributed by atoms with van der Waals surface area (Å²) in [6, 6.07) is 16.9. The first-order valence-electron chi connectivity index (χ1n) is 24.2. The Kier molecular flexibility index (Phi) is 26.0. The van der Waals surface area contributed by atoms with E-state index in [0.717, 1.165) is 45.2 Å². The van der Waals surface area contributed by atoms with Gasteiger partial charge >= 0.3 is 12.2 Å². The van der Waals surface area contributed by atoms with Crippen LogP contribution in [0.3, 0.4) is 0 Å². The van der Waals surface area contributed by atoms with Crippen LogP contribution in [0.15, 0.2) is 60.9 Å². The maximum Gasteiger partial charge on any atom is 0.410 e. The third-order valence-corrected chi connectivity index (χ3v) is 14.9. The number of benzene rings is 4. The topological polar surface area (TPSA) is 171 Å². The molecule has 15 nitrogen and oxygen atoms in total. The lowest BCUT2D eigenvalue weighted by Crippen LogP contribution is -2.40. The number of fused-ring (bicyclic) bond motifs is 2. The Bertz CT molecular complexity index is 3100. The number of carbonyl (C=O) groups excluding carboxylic acids is 2. The highest BCUT2D eigenvalue weighted by molar-refractivity contribution is 9.09. The molecule has 2 aliphatic rings. The average molecular weight is 1310 g/mol. The first-order valence-corrected chi connectivity index (χ1v) is 26.9. The third-order valence-electron chi connectivity index (χ3n) is 12.7. The summed E-state index contributed by atoms with van der Waals surface area (Å²) in [6.45, 7) is 12.2. The largest absolute Gasteiger partial charge is 0.495 e. The standard InChI is InChI=1S/C28H30Cl2N4O4.C27H30BrCl2N3O4.4H2S/c1-28(2,3)38-27(35)34-15-16(10-19(34)8-9-31)11-23-32-14-18-12-17(6-7-20(18)33-23)24-25(29)21(36-4)13-22(37-5)26(24)30;1-27(2,3)37-26(34)33-14-15(8-18(33)12-28)9-22-31-13-17-10-16(6-7-19(17)32-22)23-24(29)20(35-4)11-21(36-5)25(23)30;;;;/h6-7,12-14,16,19H,8,10-11,15H2,1-5H3;6-7,10-11,13,15,18H,8-9,12,14H2,1-5H3;4*1H2/t16-,19-;15-,18+;;;;/m11..../s1. The summed E-state index contributed by atoms with van der Waals surface area (Å²) in [5, 5.41) is 13.2. The van der Waals surface area contributed by atoms with Crippen molar-refractivity contribution in [2.24, 2.45) is 11.8 Å². The van der Waals surface area contributed by atoms with Crippen molar-refractivity contribution in [1.82, 2.24) is 29.7 Å². The number of aromatic nitrogens is 4. The van der Waals surface area contributed by atoms with Crippen molar-refractivity contribution in [3.63, 3.8) is 0 Å². The first kappa shape index (κ1) is 69.1. The van der Waals surface area contributed by atoms with Gasteiger partial charge in [0.15, 0.2) is 0 Å². The Balaban J connectivity index is 0.000000395. The summed E-state index contributed by atoms with van der Waals surface area (Å²) >= 11 is 30.0. The van der Waals surface area contributed by atoms with E-state index in [-0.39, 0.29) is 90.4 Å². The molecule has 0 N–H and O–H groups in total. The Labute approximate surface area is 518 Å². The smallest absolute Gasteiger partial charge is 0.410 e. The molecule has 0 spiro atoms. The van der Waals surface area contributed by atoms with Gasteiger partial charge in [0.25, 0.3) is 0 Å². The number of hydrogen-bond acceptors (Lipinski definition) is 13. The predicted octanol–water partition coefficient (Wildman–Crippen LogP) is 14.3. The number of halogens is 5. The van der Waals surface area contributed by atoms with E-state index in [1.165, 1.54) is 14.2 Å². The van der Waals surface area contributed by atoms with E-state index >= 15 is 0 Å². The summed E-state index contributed by atoms with van der Waals surface area (Å²) in [6.07, 6.45) is 5.99. The van der Waals surface area contributed by atoms with Gasteiger partial charge in [-0.25, -0.2) is 29.5 Å². The highest BCUT2D eigenvalue weighted by Gasteiger charge is 2.39. The Hall–Kier alpha value is -4.17. The van der Waals surface area contributed by atoms with Gasteiger partial charge in [-0.1, -0.05) is 74.5 Å². The second-order valence-electron chi connectivity index (χ2n) is 20.4. The van der Waals surface area contributed by atoms with E-state index < -0.39 is 17.3 Å². The Morgan fingerprint density at radius 3 is 1.29 bits per heavy atom. The van der Waals surface area contributed by atoms with E-state index in [4.69, 9.17) is 84.8 Å². The minimum atomic E-state index is -0.600. The van der Waals surface area contributed by atoms with Crippen molar-refractivity contribution in [3.8, 4) is 51.3 Å². The van der Waals surface area contributed by atoms with Gasteiger partial charge < -0.3 is 38.2 Å². The van der Waals surface area contributed by atoms with E-state index in [9.17, 15) is 14.9 Å². The van der Waals surface area contributed by atoms with Crippen LogP contribution < -0.4 is 18.9 Å². The molecule has 430 valence electrons. The van der Waals surface area contributed by atoms with Crippen molar-refractivity contribution >= 4 is 150 Å². The molecule has 2 aromatic heterocycles. The molecule has 4 heterocycles. The molecule has 2 saturated heterocycles. The summed E-state index contributed by atoms with van der Waals surface area (Å²) in [5.41, 5.74) is 3.27. The number of rotatable bonds is 12. The minimum absolute atomic E-state index is 0. The van der Waals surface area contributed by atoms with Gasteiger partial charge in [-0.3, -0.25) is 0 Å². The zero-order valence-electron chi connectivity index (χ0n) is 45.5. The van der Waals surface area contributed by atoms with Crippen LogP contribution in [-0.4, -0.2) is 112 Å². The average Bonchev–Trinajstić information content (AvgIpc) is 3.99. The van der Waals surface area contributed by atoms with Crippen LogP contribution in [-0.2, 0) is 22.3 Å². The second-order valence-corrected chi connectivity index (χ2v) is 22.5. The fourth-order valence-electron chi connectivity index (χ4n) is 9.30. The number of methoxy groups -OCH3 is 4. The molecule has 4 atom stereocenters. The number of nitrogens with zero attached hydrogens (tertiary/aromatic N) is 7. The van der Waals surface area contributed by atoms with E-state index in [2.05, 4.69) is 32.0 Å². The fourth-order valence-corrected chi connectivity index (χ4v) is 11.4. The molecule has 79 heavy (non-hydrogen) atoms. The lowest BCUT2D eigenvalue weighted by Gasteiger charge is -2.27. The Morgan fingerprint density at radius 1 is 0.608 bits per heavy atom. The van der Waals surface area contributed by atoms with Crippen LogP contribution in [0, 0.1) is 23.2 Å². The molecule has 2 amide bonds. The number of likely N-dealkylation sites (tertiary alicyclic amines) is 2. The number of alkyl halides is 1. The van der Waals surface area contributed by atoms with E-state index in [1.54, 1.807) is 37.4 Å². The van der Waals surface area contributed by atoms with Gasteiger partial charge in [0.1, 0.15) is 45.8 Å². The van der Waals surface area contributed by atoms with Crippen LogP contribution in [0.25, 0.3) is 44.1 Å². The highest BCUT2D eigenvalue weighted by Crippen LogP contribution is 2.48. The van der Waals surface area contributed by atoms with Gasteiger partial charge in [-0.05, 0) is 102 Å². The van der Waals surface area contributed by atoms with Crippen molar-refractivity contribution in [2.45, 2.75) is 96.9 Å². The van der Waals surface area contributed by atoms with Crippen LogP contribution in [0.1, 0.15) is 72.5 Å². The molecular formula is C55H68BrCl4N7O8S4. The zero-order chi connectivity index (χ0) is 54.5. The maximum atomic E-state index is 12.7. The Morgan fingerprint density at radius 2 is 0.962 bits per heavy atom. The van der Waals surface area contributed by atoms with Crippen molar-refractivity contribution in [1.29, 1.82) is 5.26 Å². The van der Waals surface area contributed by atoms with Crippen molar-refractivity contribution < 1.29 is 38.0 Å². The van der Waals surface area contributed by atoms with Crippen LogP contribution in [0.4, 0.5) is 9.59 Å². The molecule has 0 unspecified atom stereocenters. The molecular weight excluding hydrogens is 1240 g/mol. The fraction of sp³-hybridized carbons (Fsp3) is 0.436. The number of hydrogen-bond donors (Lipinski definition) is 0. The summed E-state index contributed by atoms with van der Waals surface area (Å²) in [7, 11) is 6.16. The van der Waals surface area contributed by atoms with Gasteiger partial charge in [0.2, 0.25) is 0 Å². The number of ether oxygens (including phenoxy) is 6. The highest BCUT2D eigenvalue weighted by atomic mass is 79.9. The number of amides is 2. The van der Waals surface area contributed by atoms with Crippen LogP contribution >= 0.6 is 116 Å². The summed E-state index contributed by atoms with van der Waals surface area (Å²) in [5.74, 6) is 3.65. The monoisotopic (exact) mass is 1300 g/mol. The normalized spacial score (nSPS) is 16.7. The molecule has 0 aliphatic carbocycles. The molecule has 6 aromatic rings. The number of carbonyl (C=O) groups is 2. The SMILES string of the molecule is COc1cc(OC)c(Cl)c(-c2ccc3nc(C[C@H]4C[C@@H](CBr)N(C(=O)OC(C)(C)C)C4)ncc3c2)c1Cl.COc1cc(OC)c(Cl)c(-c2ccc3nc(C[C@H]4C[C@@H](CC#N)N(C(=O)OC(C)(C)C)C4)ncc3c2)c1Cl.S.S.S.S. The van der Waals surface area contributed by atoms with Gasteiger partial charge in [-0.15, -0.1) is 0 Å². The molecule has 0 radical (unpaired) electrons. The van der Waals surface area contributed by atoms with Gasteiger partial charge in [-0.2, -0.15) is 59.2 Å². The maximum absolute atomic E-state index is 12.7. The third kappa shape index (κ3) is 16.7. The molecule has 24 heteroatoms. The zero-order valence-corrected chi connectivity index (χ0v) is 54.1. The molecule has 0 bridgehead atoms. The van der Waals surface area contributed by atoms with E-state index in [0.29, 0.717) is 97.7 Å². The molecule has 4 aromatic carbocycles. The van der Waals surface area contributed by atoms with Crippen molar-refractivity contribution in [3.05, 3.63) is 92.7 Å². The quantitative estimate of drug-likeness (QED) is 0.106. The second kappa shape index (κ2) is 29.7. The van der Waals surface area contributed by atoms with Gasteiger partial charge in [0, 0.05) is 89.8 Å². The summed E-state index contributed by atoms with van der Waals surface area (Å²) in [4.78, 5) is 47.7. The number of nitriles is 1. The van der Waals surface area contributed by atoms with Crippen LogP contribution in [0.5, 0.6) is 23.0 Å². The molecule has 2 fully saturated rings. The first-order chi connectivity index (χ1) is 35.6. The van der Waals surface area contributed by atoms with Crippen molar-refractivity contribution in [2.75, 3.05) is 46.9 Å². The van der Waals surface area contributed by atoms with Crippen LogP contribution in [0.2, 0.25) is 20.1 Å². The molecule has 0 saturated carbocycles.